The summed E-state index contributed by atoms with van der Waals surface area (Å²) in [5.74, 6) is -0.446. The Bertz CT molecular complexity index is 1570. The van der Waals surface area contributed by atoms with Crippen molar-refractivity contribution in [3.05, 3.63) is 102 Å². The predicted molar refractivity (Wildman–Crippen MR) is 186 cm³/mol. The molecule has 1 aliphatic carbocycles. The van der Waals surface area contributed by atoms with E-state index in [2.05, 4.69) is 89.2 Å². The molecule has 1 aliphatic heterocycles. The molecule has 4 aromatic rings. The van der Waals surface area contributed by atoms with E-state index in [0.717, 1.165) is 49.6 Å². The van der Waals surface area contributed by atoms with Gasteiger partial charge in [0, 0.05) is 60.9 Å². The van der Waals surface area contributed by atoms with Crippen LogP contribution in [-0.4, -0.2) is 65.0 Å². The first kappa shape index (κ1) is 33.3. The number of hydrogen-bond acceptors (Lipinski definition) is 7. The summed E-state index contributed by atoms with van der Waals surface area (Å²) in [5.41, 5.74) is 18.9. The summed E-state index contributed by atoms with van der Waals surface area (Å²) in [6, 6.07) is 23.5. The summed E-state index contributed by atoms with van der Waals surface area (Å²) in [5, 5.41) is 0. The number of amides is 1. The van der Waals surface area contributed by atoms with Crippen LogP contribution in [0.25, 0.3) is 22.3 Å². The highest BCUT2D eigenvalue weighted by molar-refractivity contribution is 5.98. The van der Waals surface area contributed by atoms with E-state index in [1.165, 1.54) is 47.9 Å². The molecule has 1 saturated heterocycles. The molecule has 2 aromatic carbocycles. The SMILES string of the molecule is CN1CCN(C(C)(C)c2ccc(-c3ccc(COC4CCCC4)cc3)cc2)CC1.Cc1ccc(-c2cnc(N)c(C(N)=O)c2)cn1. The molecule has 0 atom stereocenters. The van der Waals surface area contributed by atoms with Gasteiger partial charge >= 0.3 is 0 Å². The van der Waals surface area contributed by atoms with Crippen molar-refractivity contribution in [3.63, 3.8) is 0 Å². The molecule has 242 valence electrons. The molecule has 0 unspecified atom stereocenters. The maximum Gasteiger partial charge on any atom is 0.252 e. The van der Waals surface area contributed by atoms with Crippen LogP contribution in [0.2, 0.25) is 0 Å². The van der Waals surface area contributed by atoms with Gasteiger partial charge in [-0.25, -0.2) is 4.98 Å². The molecule has 1 amide bonds. The van der Waals surface area contributed by atoms with E-state index in [0.29, 0.717) is 6.10 Å². The topological polar surface area (TPSA) is 111 Å². The smallest absolute Gasteiger partial charge is 0.252 e. The number of nitrogens with zero attached hydrogens (tertiary/aromatic N) is 4. The van der Waals surface area contributed by atoms with E-state index in [9.17, 15) is 4.79 Å². The monoisotopic (exact) mass is 620 g/mol. The average Bonchev–Trinajstić information content (AvgIpc) is 3.59. The summed E-state index contributed by atoms with van der Waals surface area (Å²) in [7, 11) is 2.21. The maximum absolute atomic E-state index is 11.1. The quantitative estimate of drug-likeness (QED) is 0.234. The molecule has 8 nitrogen and oxygen atoms in total. The third kappa shape index (κ3) is 8.37. The number of benzene rings is 2. The number of nitrogens with two attached hydrogens (primary N) is 2. The molecule has 8 heteroatoms. The molecule has 4 N–H and O–H groups in total. The molecule has 2 aromatic heterocycles. The molecule has 3 heterocycles. The third-order valence-corrected chi connectivity index (χ3v) is 9.39. The number of carbonyl (C=O) groups is 1. The van der Waals surface area contributed by atoms with Crippen LogP contribution >= 0.6 is 0 Å². The summed E-state index contributed by atoms with van der Waals surface area (Å²) in [6.45, 7) is 11.9. The number of likely N-dealkylation sites (N-methyl/N-ethyl adjacent to an activating group) is 1. The number of pyridine rings is 2. The summed E-state index contributed by atoms with van der Waals surface area (Å²) in [6.07, 6.45) is 8.90. The number of rotatable bonds is 8. The lowest BCUT2D eigenvalue weighted by molar-refractivity contribution is 0.0457. The Morgan fingerprint density at radius 3 is 2.02 bits per heavy atom. The van der Waals surface area contributed by atoms with Gasteiger partial charge in [0.25, 0.3) is 5.91 Å². The Morgan fingerprint density at radius 2 is 1.43 bits per heavy atom. The van der Waals surface area contributed by atoms with Crippen molar-refractivity contribution < 1.29 is 9.53 Å². The summed E-state index contributed by atoms with van der Waals surface area (Å²) in [4.78, 5) is 24.3. The number of anilines is 1. The van der Waals surface area contributed by atoms with Gasteiger partial charge in [-0.2, -0.15) is 0 Å². The number of hydrogen-bond donors (Lipinski definition) is 2. The van der Waals surface area contributed by atoms with E-state index in [1.807, 2.05) is 19.1 Å². The zero-order chi connectivity index (χ0) is 32.7. The fourth-order valence-electron chi connectivity index (χ4n) is 6.15. The van der Waals surface area contributed by atoms with E-state index >= 15 is 0 Å². The Labute approximate surface area is 273 Å². The first-order chi connectivity index (χ1) is 22.1. The Balaban J connectivity index is 0.000000209. The van der Waals surface area contributed by atoms with Crippen LogP contribution < -0.4 is 11.5 Å². The highest BCUT2D eigenvalue weighted by Crippen LogP contribution is 2.31. The van der Waals surface area contributed by atoms with Gasteiger partial charge in [0.2, 0.25) is 0 Å². The van der Waals surface area contributed by atoms with Crippen LogP contribution in [0.4, 0.5) is 5.82 Å². The number of ether oxygens (including phenoxy) is 1. The molecule has 0 bridgehead atoms. The molecule has 2 aliphatic rings. The second-order valence-electron chi connectivity index (χ2n) is 13.1. The second-order valence-corrected chi connectivity index (χ2v) is 13.1. The fraction of sp³-hybridized carbons (Fsp3) is 0.395. The highest BCUT2D eigenvalue weighted by Gasteiger charge is 2.30. The average molecular weight is 621 g/mol. The van der Waals surface area contributed by atoms with Gasteiger partial charge in [-0.3, -0.25) is 14.7 Å². The predicted octanol–water partition coefficient (Wildman–Crippen LogP) is 6.43. The van der Waals surface area contributed by atoms with Crippen LogP contribution in [0.3, 0.4) is 0 Å². The minimum Gasteiger partial charge on any atom is -0.383 e. The van der Waals surface area contributed by atoms with Gasteiger partial charge in [0.1, 0.15) is 5.82 Å². The van der Waals surface area contributed by atoms with Crippen LogP contribution in [0, 0.1) is 6.92 Å². The summed E-state index contributed by atoms with van der Waals surface area (Å²) < 4.78 is 6.04. The molecular formula is C38H48N6O2. The van der Waals surface area contributed by atoms with Crippen molar-refractivity contribution in [1.29, 1.82) is 0 Å². The van der Waals surface area contributed by atoms with Gasteiger partial charge in [-0.05, 0) is 75.0 Å². The van der Waals surface area contributed by atoms with Crippen molar-refractivity contribution in [3.8, 4) is 22.3 Å². The Hall–Kier alpha value is -4.11. The first-order valence-corrected chi connectivity index (χ1v) is 16.3. The molecule has 1 saturated carbocycles. The first-order valence-electron chi connectivity index (χ1n) is 16.3. The molecule has 6 rings (SSSR count). The van der Waals surface area contributed by atoms with Crippen LogP contribution in [0.15, 0.2) is 79.1 Å². The van der Waals surface area contributed by atoms with Gasteiger partial charge in [-0.15, -0.1) is 0 Å². The van der Waals surface area contributed by atoms with E-state index in [-0.39, 0.29) is 16.9 Å². The largest absolute Gasteiger partial charge is 0.383 e. The maximum atomic E-state index is 11.1. The van der Waals surface area contributed by atoms with Crippen molar-refractivity contribution >= 4 is 11.7 Å². The lowest BCUT2D eigenvalue weighted by Crippen LogP contribution is -2.52. The number of nitrogen functional groups attached to an aromatic ring is 1. The van der Waals surface area contributed by atoms with E-state index < -0.39 is 5.91 Å². The minimum atomic E-state index is -0.586. The van der Waals surface area contributed by atoms with Gasteiger partial charge in [0.05, 0.1) is 18.3 Å². The van der Waals surface area contributed by atoms with Gasteiger partial charge in [-0.1, -0.05) is 67.4 Å². The minimum absolute atomic E-state index is 0.0707. The number of aromatic nitrogens is 2. The third-order valence-electron chi connectivity index (χ3n) is 9.39. The van der Waals surface area contributed by atoms with Crippen LogP contribution in [0.1, 0.15) is 66.7 Å². The zero-order valence-corrected chi connectivity index (χ0v) is 27.7. The number of piperazine rings is 1. The molecule has 2 fully saturated rings. The number of carbonyl (C=O) groups excluding carboxylic acids is 1. The highest BCUT2D eigenvalue weighted by atomic mass is 16.5. The van der Waals surface area contributed by atoms with Crippen LogP contribution in [-0.2, 0) is 16.9 Å². The van der Waals surface area contributed by atoms with Crippen molar-refractivity contribution in [2.24, 2.45) is 5.73 Å². The molecular weight excluding hydrogens is 572 g/mol. The number of primary amides is 1. The Kier molecular flexibility index (Phi) is 10.8. The van der Waals surface area contributed by atoms with Gasteiger partial charge < -0.3 is 21.1 Å². The van der Waals surface area contributed by atoms with E-state index in [1.54, 1.807) is 18.5 Å². The normalized spacial score (nSPS) is 16.2. The standard InChI is InChI=1S/C26H36N2O.C12H12N4O/c1-26(2,28-18-16-27(3)17-19-28)24-14-12-23(13-15-24)22-10-8-21(9-11-22)20-29-25-6-4-5-7-25;1-7-2-3-8(5-15-7)9-4-10(12(14)17)11(13)16-6-9/h8-15,25H,4-7,16-20H2,1-3H3;2-6H,1H3,(H2,13,16)(H2,14,17). The Morgan fingerprint density at radius 1 is 0.848 bits per heavy atom. The van der Waals surface area contributed by atoms with Crippen molar-refractivity contribution in [1.82, 2.24) is 19.8 Å². The second kappa shape index (κ2) is 15.0. The lowest BCUT2D eigenvalue weighted by atomic mass is 9.90. The molecule has 46 heavy (non-hydrogen) atoms. The molecule has 0 radical (unpaired) electrons. The lowest BCUT2D eigenvalue weighted by Gasteiger charge is -2.43. The van der Waals surface area contributed by atoms with Gasteiger partial charge in [0.15, 0.2) is 0 Å². The number of aryl methyl sites for hydroxylation is 1. The summed E-state index contributed by atoms with van der Waals surface area (Å²) >= 11 is 0. The zero-order valence-electron chi connectivity index (χ0n) is 27.7. The van der Waals surface area contributed by atoms with Crippen molar-refractivity contribution in [2.45, 2.75) is 64.7 Å². The fourth-order valence-corrected chi connectivity index (χ4v) is 6.15. The van der Waals surface area contributed by atoms with Crippen LogP contribution in [0.5, 0.6) is 0 Å². The van der Waals surface area contributed by atoms with Crippen molar-refractivity contribution in [2.75, 3.05) is 39.0 Å². The molecule has 0 spiro atoms. The van der Waals surface area contributed by atoms with E-state index in [4.69, 9.17) is 16.2 Å².